The van der Waals surface area contributed by atoms with Gasteiger partial charge >= 0.3 is 0 Å². The first kappa shape index (κ1) is 15.4. The Morgan fingerprint density at radius 2 is 2.32 bits per heavy atom. The fraction of sp³-hybridized carbons (Fsp3) is 0.714. The second-order valence-corrected chi connectivity index (χ2v) is 7.09. The van der Waals surface area contributed by atoms with E-state index in [1.54, 1.807) is 11.3 Å². The van der Waals surface area contributed by atoms with Gasteiger partial charge in [0.1, 0.15) is 0 Å². The van der Waals surface area contributed by atoms with Gasteiger partial charge in [0, 0.05) is 33.4 Å². The molecule has 1 aromatic heterocycles. The highest BCUT2D eigenvalue weighted by atomic mass is 79.9. The van der Waals surface area contributed by atoms with Gasteiger partial charge in [-0.15, -0.1) is 11.3 Å². The van der Waals surface area contributed by atoms with E-state index in [4.69, 9.17) is 5.73 Å². The Kier molecular flexibility index (Phi) is 5.84. The van der Waals surface area contributed by atoms with Crippen molar-refractivity contribution in [3.63, 3.8) is 0 Å². The molecule has 2 atom stereocenters. The first-order valence-electron chi connectivity index (χ1n) is 7.03. The third kappa shape index (κ3) is 3.58. The van der Waals surface area contributed by atoms with Crippen molar-refractivity contribution < 1.29 is 5.11 Å². The summed E-state index contributed by atoms with van der Waals surface area (Å²) in [4.78, 5) is 3.73. The summed E-state index contributed by atoms with van der Waals surface area (Å²) < 4.78 is 1.12. The summed E-state index contributed by atoms with van der Waals surface area (Å²) in [5, 5.41) is 11.5. The Hall–Kier alpha value is 0.0600. The van der Waals surface area contributed by atoms with Crippen LogP contribution in [0.2, 0.25) is 0 Å². The molecule has 1 aliphatic carbocycles. The van der Waals surface area contributed by atoms with Crippen molar-refractivity contribution in [1.82, 2.24) is 4.90 Å². The molecule has 0 aromatic carbocycles. The average Bonchev–Trinajstić information content (AvgIpc) is 2.73. The number of rotatable bonds is 7. The van der Waals surface area contributed by atoms with Crippen molar-refractivity contribution in [2.45, 2.75) is 50.7 Å². The highest BCUT2D eigenvalue weighted by Gasteiger charge is 2.34. The predicted octanol–water partition coefficient (Wildman–Crippen LogP) is 3.14. The van der Waals surface area contributed by atoms with E-state index in [-0.39, 0.29) is 18.7 Å². The molecule has 0 saturated heterocycles. The molecule has 1 heterocycles. The Bertz CT molecular complexity index is 395. The molecule has 0 aliphatic heterocycles. The average molecular weight is 347 g/mol. The number of hydrogen-bond donors (Lipinski definition) is 2. The van der Waals surface area contributed by atoms with Gasteiger partial charge in [-0.1, -0.05) is 13.3 Å². The Morgan fingerprint density at radius 3 is 2.74 bits per heavy atom. The molecular formula is C14H23BrN2OS. The summed E-state index contributed by atoms with van der Waals surface area (Å²) in [5.41, 5.74) is 6.37. The molecule has 19 heavy (non-hydrogen) atoms. The molecule has 2 rings (SSSR count). The summed E-state index contributed by atoms with van der Waals surface area (Å²) in [6, 6.07) is 3.13. The van der Waals surface area contributed by atoms with Crippen molar-refractivity contribution in [3.8, 4) is 0 Å². The molecular weight excluding hydrogens is 324 g/mol. The minimum Gasteiger partial charge on any atom is -0.395 e. The van der Waals surface area contributed by atoms with E-state index in [0.29, 0.717) is 6.04 Å². The van der Waals surface area contributed by atoms with Gasteiger partial charge in [-0.3, -0.25) is 4.90 Å². The van der Waals surface area contributed by atoms with Crippen LogP contribution in [-0.4, -0.2) is 35.2 Å². The minimum atomic E-state index is 0.123. The predicted molar refractivity (Wildman–Crippen MR) is 84.5 cm³/mol. The second kappa shape index (κ2) is 7.18. The van der Waals surface area contributed by atoms with E-state index in [0.717, 1.165) is 17.4 Å². The van der Waals surface area contributed by atoms with Crippen molar-refractivity contribution >= 4 is 27.3 Å². The maximum absolute atomic E-state index is 9.37. The Labute approximate surface area is 127 Å². The summed E-state index contributed by atoms with van der Waals surface area (Å²) >= 11 is 5.29. The van der Waals surface area contributed by atoms with Crippen molar-refractivity contribution in [2.75, 3.05) is 13.2 Å². The van der Waals surface area contributed by atoms with Crippen molar-refractivity contribution in [1.29, 1.82) is 0 Å². The lowest BCUT2D eigenvalue weighted by atomic mass is 9.88. The molecule has 0 bridgehead atoms. The third-order valence-corrected chi connectivity index (χ3v) is 5.78. The van der Waals surface area contributed by atoms with Gasteiger partial charge in [0.25, 0.3) is 0 Å². The largest absolute Gasteiger partial charge is 0.395 e. The van der Waals surface area contributed by atoms with Crippen LogP contribution in [0.1, 0.15) is 43.5 Å². The van der Waals surface area contributed by atoms with Crippen LogP contribution in [0.25, 0.3) is 0 Å². The van der Waals surface area contributed by atoms with E-state index in [9.17, 15) is 5.11 Å². The number of nitrogens with two attached hydrogens (primary N) is 1. The van der Waals surface area contributed by atoms with Crippen LogP contribution in [0.5, 0.6) is 0 Å². The molecule has 0 radical (unpaired) electrons. The number of hydrogen-bond acceptors (Lipinski definition) is 4. The van der Waals surface area contributed by atoms with Crippen LogP contribution in [0, 0.1) is 0 Å². The van der Waals surface area contributed by atoms with E-state index in [2.05, 4.69) is 39.2 Å². The van der Waals surface area contributed by atoms with Gasteiger partial charge in [0.15, 0.2) is 0 Å². The van der Waals surface area contributed by atoms with Crippen LogP contribution in [0.3, 0.4) is 0 Å². The quantitative estimate of drug-likeness (QED) is 0.797. The zero-order valence-corrected chi connectivity index (χ0v) is 13.8. The van der Waals surface area contributed by atoms with Crippen molar-refractivity contribution in [2.24, 2.45) is 5.73 Å². The molecule has 3 nitrogen and oxygen atoms in total. The minimum absolute atomic E-state index is 0.123. The lowest BCUT2D eigenvalue weighted by Gasteiger charge is -2.44. The van der Waals surface area contributed by atoms with E-state index < -0.39 is 0 Å². The normalized spacial score (nSPS) is 19.4. The first-order chi connectivity index (χ1) is 9.17. The van der Waals surface area contributed by atoms with Gasteiger partial charge in [0.05, 0.1) is 12.6 Å². The smallest absolute Gasteiger partial charge is 0.0596 e. The first-order valence-corrected chi connectivity index (χ1v) is 8.70. The van der Waals surface area contributed by atoms with Crippen LogP contribution in [-0.2, 0) is 0 Å². The van der Waals surface area contributed by atoms with Crippen LogP contribution < -0.4 is 5.73 Å². The molecule has 1 aromatic rings. The highest BCUT2D eigenvalue weighted by molar-refractivity contribution is 9.10. The lowest BCUT2D eigenvalue weighted by Crippen LogP contribution is -2.49. The Morgan fingerprint density at radius 1 is 1.58 bits per heavy atom. The standard InChI is InChI=1S/C14H23BrN2OS/c1-2-12(16)14(13-8-10(15)9-19-13)17(6-7-18)11-4-3-5-11/h8-9,11-12,14,18H,2-7,16H2,1H3. The maximum Gasteiger partial charge on any atom is 0.0596 e. The summed E-state index contributed by atoms with van der Waals surface area (Å²) in [6.07, 6.45) is 4.72. The van der Waals surface area contributed by atoms with Gasteiger partial charge in [-0.05, 0) is 41.3 Å². The second-order valence-electron chi connectivity index (χ2n) is 5.23. The topological polar surface area (TPSA) is 49.5 Å². The molecule has 1 fully saturated rings. The molecule has 2 unspecified atom stereocenters. The zero-order valence-electron chi connectivity index (χ0n) is 11.4. The number of aliphatic hydroxyl groups excluding tert-OH is 1. The third-order valence-electron chi connectivity index (χ3n) is 4.02. The summed E-state index contributed by atoms with van der Waals surface area (Å²) in [7, 11) is 0. The Balaban J connectivity index is 2.23. The monoisotopic (exact) mass is 346 g/mol. The molecule has 0 spiro atoms. The number of aliphatic hydroxyl groups is 1. The molecule has 5 heteroatoms. The summed E-state index contributed by atoms with van der Waals surface area (Å²) in [5.74, 6) is 0. The number of thiophene rings is 1. The molecule has 0 amide bonds. The van der Waals surface area contributed by atoms with Gasteiger partial charge in [-0.2, -0.15) is 0 Å². The molecule has 108 valence electrons. The number of halogens is 1. The van der Waals surface area contributed by atoms with E-state index >= 15 is 0 Å². The van der Waals surface area contributed by atoms with Crippen LogP contribution in [0.15, 0.2) is 15.9 Å². The fourth-order valence-corrected chi connectivity index (χ4v) is 4.35. The van der Waals surface area contributed by atoms with Crippen LogP contribution in [0.4, 0.5) is 0 Å². The van der Waals surface area contributed by atoms with E-state index in [1.807, 2.05) is 0 Å². The van der Waals surface area contributed by atoms with Gasteiger partial charge in [-0.25, -0.2) is 0 Å². The maximum atomic E-state index is 9.37. The fourth-order valence-electron chi connectivity index (χ4n) is 2.71. The molecule has 1 aliphatic rings. The summed E-state index contributed by atoms with van der Waals surface area (Å²) in [6.45, 7) is 3.06. The molecule has 3 N–H and O–H groups in total. The zero-order chi connectivity index (χ0) is 13.8. The number of nitrogens with zero attached hydrogens (tertiary/aromatic N) is 1. The van der Waals surface area contributed by atoms with Gasteiger partial charge < -0.3 is 10.8 Å². The van der Waals surface area contributed by atoms with Crippen LogP contribution >= 0.6 is 27.3 Å². The molecule has 1 saturated carbocycles. The van der Waals surface area contributed by atoms with Crippen molar-refractivity contribution in [3.05, 3.63) is 20.8 Å². The van der Waals surface area contributed by atoms with E-state index in [1.165, 1.54) is 24.1 Å². The highest BCUT2D eigenvalue weighted by Crippen LogP contribution is 2.37. The lowest BCUT2D eigenvalue weighted by molar-refractivity contribution is 0.0488. The SMILES string of the molecule is CCC(N)C(c1cc(Br)cs1)N(CCO)C1CCC1. The van der Waals surface area contributed by atoms with Gasteiger partial charge in [0.2, 0.25) is 0 Å².